The number of carbonyl (C=O) groups is 1. The van der Waals surface area contributed by atoms with Crippen molar-refractivity contribution >= 4 is 31.9 Å². The zero-order valence-corrected chi connectivity index (χ0v) is 14.4. The Balaban J connectivity index is 2.13. The van der Waals surface area contributed by atoms with Crippen LogP contribution < -0.4 is 4.72 Å². The van der Waals surface area contributed by atoms with Gasteiger partial charge in [-0.25, -0.2) is 17.9 Å². The van der Waals surface area contributed by atoms with Crippen molar-refractivity contribution in [3.63, 3.8) is 0 Å². The molecular formula is C14H15BrN2O4S. The molecule has 0 aliphatic rings. The predicted molar refractivity (Wildman–Crippen MR) is 84.9 cm³/mol. The second-order valence-electron chi connectivity index (χ2n) is 4.59. The monoisotopic (exact) mass is 386 g/mol. The SMILES string of the molecule is CNS(=O)(=O)c1cc(C(=O)OCc2cccc(Br)c2)n(C)c1. The number of rotatable bonds is 5. The molecule has 0 atom stereocenters. The van der Waals surface area contributed by atoms with Gasteiger partial charge in [0.25, 0.3) is 0 Å². The van der Waals surface area contributed by atoms with E-state index in [4.69, 9.17) is 4.74 Å². The van der Waals surface area contributed by atoms with Gasteiger partial charge >= 0.3 is 5.97 Å². The van der Waals surface area contributed by atoms with Crippen LogP contribution in [0.15, 0.2) is 45.9 Å². The number of carbonyl (C=O) groups excluding carboxylic acids is 1. The van der Waals surface area contributed by atoms with Gasteiger partial charge in [0.15, 0.2) is 0 Å². The van der Waals surface area contributed by atoms with Crippen LogP contribution in [0.3, 0.4) is 0 Å². The van der Waals surface area contributed by atoms with Crippen LogP contribution in [0.25, 0.3) is 0 Å². The number of nitrogens with one attached hydrogen (secondary N) is 1. The zero-order chi connectivity index (χ0) is 16.3. The predicted octanol–water partition coefficient (Wildman–Crippen LogP) is 2.05. The Morgan fingerprint density at radius 3 is 2.73 bits per heavy atom. The lowest BCUT2D eigenvalue weighted by Crippen LogP contribution is -2.17. The quantitative estimate of drug-likeness (QED) is 0.797. The fourth-order valence-corrected chi connectivity index (χ4v) is 3.10. The molecule has 0 radical (unpaired) electrons. The summed E-state index contributed by atoms with van der Waals surface area (Å²) < 4.78 is 33.2. The third-order valence-electron chi connectivity index (χ3n) is 3.03. The average molecular weight is 387 g/mol. The number of sulfonamides is 1. The molecule has 0 aliphatic carbocycles. The van der Waals surface area contributed by atoms with E-state index in [2.05, 4.69) is 20.7 Å². The highest BCUT2D eigenvalue weighted by atomic mass is 79.9. The number of hydrogen-bond acceptors (Lipinski definition) is 4. The first-order valence-electron chi connectivity index (χ1n) is 6.35. The van der Waals surface area contributed by atoms with Crippen LogP contribution in [-0.4, -0.2) is 26.0 Å². The number of benzene rings is 1. The van der Waals surface area contributed by atoms with E-state index in [1.807, 2.05) is 24.3 Å². The Kier molecular flexibility index (Phi) is 5.05. The van der Waals surface area contributed by atoms with E-state index in [0.29, 0.717) is 0 Å². The van der Waals surface area contributed by atoms with E-state index < -0.39 is 16.0 Å². The molecule has 6 nitrogen and oxygen atoms in total. The lowest BCUT2D eigenvalue weighted by Gasteiger charge is -2.05. The van der Waals surface area contributed by atoms with Crippen molar-refractivity contribution in [2.45, 2.75) is 11.5 Å². The van der Waals surface area contributed by atoms with Crippen LogP contribution in [-0.2, 0) is 28.4 Å². The van der Waals surface area contributed by atoms with Crippen LogP contribution in [0.4, 0.5) is 0 Å². The molecule has 0 amide bonds. The summed E-state index contributed by atoms with van der Waals surface area (Å²) >= 11 is 3.34. The number of nitrogens with zero attached hydrogens (tertiary/aromatic N) is 1. The molecule has 2 rings (SSSR count). The minimum Gasteiger partial charge on any atom is -0.456 e. The summed E-state index contributed by atoms with van der Waals surface area (Å²) in [6.07, 6.45) is 1.36. The molecule has 0 aliphatic heterocycles. The number of ether oxygens (including phenoxy) is 1. The summed E-state index contributed by atoms with van der Waals surface area (Å²) in [5, 5.41) is 0. The molecule has 22 heavy (non-hydrogen) atoms. The average Bonchev–Trinajstić information content (AvgIpc) is 2.88. The Hall–Kier alpha value is -1.64. The molecule has 118 valence electrons. The van der Waals surface area contributed by atoms with Crippen molar-refractivity contribution in [1.29, 1.82) is 0 Å². The van der Waals surface area contributed by atoms with Crippen LogP contribution in [0.5, 0.6) is 0 Å². The van der Waals surface area contributed by atoms with Crippen molar-refractivity contribution in [2.75, 3.05) is 7.05 Å². The Morgan fingerprint density at radius 2 is 2.09 bits per heavy atom. The molecule has 1 aromatic carbocycles. The van der Waals surface area contributed by atoms with Gasteiger partial charge in [0.1, 0.15) is 17.2 Å². The van der Waals surface area contributed by atoms with E-state index in [-0.39, 0.29) is 17.2 Å². The van der Waals surface area contributed by atoms with Crippen molar-refractivity contribution in [3.8, 4) is 0 Å². The van der Waals surface area contributed by atoms with E-state index >= 15 is 0 Å². The van der Waals surface area contributed by atoms with Crippen molar-refractivity contribution in [3.05, 3.63) is 52.3 Å². The van der Waals surface area contributed by atoms with Gasteiger partial charge in [-0.3, -0.25) is 0 Å². The van der Waals surface area contributed by atoms with E-state index in [9.17, 15) is 13.2 Å². The second-order valence-corrected chi connectivity index (χ2v) is 7.39. The van der Waals surface area contributed by atoms with Gasteiger partial charge in [0, 0.05) is 17.7 Å². The lowest BCUT2D eigenvalue weighted by atomic mass is 10.2. The van der Waals surface area contributed by atoms with Crippen molar-refractivity contribution in [2.24, 2.45) is 7.05 Å². The molecule has 0 saturated carbocycles. The first kappa shape index (κ1) is 16.7. The smallest absolute Gasteiger partial charge is 0.355 e. The van der Waals surface area contributed by atoms with Gasteiger partial charge in [0.05, 0.1) is 0 Å². The number of aryl methyl sites for hydroxylation is 1. The number of hydrogen-bond donors (Lipinski definition) is 1. The number of esters is 1. The Morgan fingerprint density at radius 1 is 1.36 bits per heavy atom. The standard InChI is InChI=1S/C14H15BrN2O4S/c1-16-22(19,20)12-7-13(17(2)8-12)14(18)21-9-10-4-3-5-11(15)6-10/h3-8,16H,9H2,1-2H3. The van der Waals surface area contributed by atoms with Crippen LogP contribution in [0.1, 0.15) is 16.1 Å². The molecule has 0 saturated heterocycles. The second kappa shape index (κ2) is 6.64. The molecule has 1 N–H and O–H groups in total. The fourth-order valence-electron chi connectivity index (χ4n) is 1.85. The number of aromatic nitrogens is 1. The summed E-state index contributed by atoms with van der Waals surface area (Å²) in [6.45, 7) is 0.109. The van der Waals surface area contributed by atoms with Gasteiger partial charge in [-0.2, -0.15) is 0 Å². The highest BCUT2D eigenvalue weighted by molar-refractivity contribution is 9.10. The maximum atomic E-state index is 12.1. The van der Waals surface area contributed by atoms with E-state index in [1.165, 1.54) is 23.9 Å². The summed E-state index contributed by atoms with van der Waals surface area (Å²) in [6, 6.07) is 8.68. The molecule has 2 aromatic rings. The van der Waals surface area contributed by atoms with Gasteiger partial charge in [0.2, 0.25) is 10.0 Å². The Labute approximate surface area is 137 Å². The first-order chi connectivity index (χ1) is 10.3. The third-order valence-corrected chi connectivity index (χ3v) is 4.90. The summed E-state index contributed by atoms with van der Waals surface area (Å²) in [7, 11) is -0.690. The lowest BCUT2D eigenvalue weighted by molar-refractivity contribution is 0.0461. The van der Waals surface area contributed by atoms with Crippen molar-refractivity contribution < 1.29 is 17.9 Å². The fraction of sp³-hybridized carbons (Fsp3) is 0.214. The normalized spacial score (nSPS) is 11.4. The topological polar surface area (TPSA) is 77.4 Å². The van der Waals surface area contributed by atoms with E-state index in [0.717, 1.165) is 10.0 Å². The maximum Gasteiger partial charge on any atom is 0.355 e. The maximum absolute atomic E-state index is 12.1. The molecule has 0 bridgehead atoms. The molecule has 1 aromatic heterocycles. The highest BCUT2D eigenvalue weighted by Crippen LogP contribution is 2.16. The van der Waals surface area contributed by atoms with Crippen molar-refractivity contribution in [1.82, 2.24) is 9.29 Å². The zero-order valence-electron chi connectivity index (χ0n) is 12.0. The molecule has 1 heterocycles. The highest BCUT2D eigenvalue weighted by Gasteiger charge is 2.20. The van der Waals surface area contributed by atoms with Gasteiger partial charge in [-0.1, -0.05) is 28.1 Å². The molecule has 0 fully saturated rings. The molecule has 0 unspecified atom stereocenters. The van der Waals surface area contributed by atoms with Gasteiger partial charge in [-0.05, 0) is 30.8 Å². The van der Waals surface area contributed by atoms with Crippen LogP contribution in [0.2, 0.25) is 0 Å². The molecular weight excluding hydrogens is 372 g/mol. The van der Waals surface area contributed by atoms with Gasteiger partial charge in [-0.15, -0.1) is 0 Å². The molecule has 0 spiro atoms. The van der Waals surface area contributed by atoms with Crippen LogP contribution >= 0.6 is 15.9 Å². The first-order valence-corrected chi connectivity index (χ1v) is 8.62. The third kappa shape index (κ3) is 3.76. The largest absolute Gasteiger partial charge is 0.456 e. The minimum atomic E-state index is -3.59. The van der Waals surface area contributed by atoms with E-state index in [1.54, 1.807) is 7.05 Å². The Bertz CT molecular complexity index is 799. The summed E-state index contributed by atoms with van der Waals surface area (Å²) in [5.74, 6) is -0.583. The van der Waals surface area contributed by atoms with Crippen LogP contribution in [0, 0.1) is 0 Å². The number of halogens is 1. The summed E-state index contributed by atoms with van der Waals surface area (Å²) in [5.41, 5.74) is 1.00. The minimum absolute atomic E-state index is 0.0203. The van der Waals surface area contributed by atoms with Gasteiger partial charge < -0.3 is 9.30 Å². The molecule has 8 heteroatoms. The summed E-state index contributed by atoms with van der Waals surface area (Å²) in [4.78, 5) is 12.1.